The number of benzene rings is 2. The lowest BCUT2D eigenvalue weighted by Crippen LogP contribution is -2.30. The van der Waals surface area contributed by atoms with Crippen molar-refractivity contribution in [2.24, 2.45) is 0 Å². The van der Waals surface area contributed by atoms with Crippen LogP contribution in [0.1, 0.15) is 12.0 Å². The summed E-state index contributed by atoms with van der Waals surface area (Å²) < 4.78 is 34.8. The van der Waals surface area contributed by atoms with Crippen molar-refractivity contribution >= 4 is 21.6 Å². The normalized spacial score (nSPS) is 11.0. The molecule has 8 heteroatoms. The number of anilines is 1. The number of rotatable bonds is 10. The molecular weight excluding hydrogens is 380 g/mol. The lowest BCUT2D eigenvalue weighted by Gasteiger charge is -2.16. The molecule has 0 radical (unpaired) electrons. The second kappa shape index (κ2) is 9.98. The SMILES string of the molecule is COc1cccc(CCCNC(=O)COc2ccc(N(C)S(C)(=O)=O)cc2)c1. The molecule has 2 aromatic rings. The van der Waals surface area contributed by atoms with Gasteiger partial charge in [-0.25, -0.2) is 8.42 Å². The van der Waals surface area contributed by atoms with Gasteiger partial charge in [0.2, 0.25) is 10.0 Å². The van der Waals surface area contributed by atoms with E-state index in [0.29, 0.717) is 18.0 Å². The number of nitrogens with zero attached hydrogens (tertiary/aromatic N) is 1. The summed E-state index contributed by atoms with van der Waals surface area (Å²) in [6.07, 6.45) is 2.79. The quantitative estimate of drug-likeness (QED) is 0.612. The highest BCUT2D eigenvalue weighted by Crippen LogP contribution is 2.20. The van der Waals surface area contributed by atoms with Crippen LogP contribution in [0.5, 0.6) is 11.5 Å². The van der Waals surface area contributed by atoms with Crippen molar-refractivity contribution in [2.45, 2.75) is 12.8 Å². The van der Waals surface area contributed by atoms with E-state index in [1.54, 1.807) is 31.4 Å². The molecule has 0 aliphatic heterocycles. The van der Waals surface area contributed by atoms with Crippen molar-refractivity contribution in [3.63, 3.8) is 0 Å². The Morgan fingerprint density at radius 3 is 2.46 bits per heavy atom. The van der Waals surface area contributed by atoms with Crippen molar-refractivity contribution in [3.05, 3.63) is 54.1 Å². The number of carbonyl (C=O) groups excluding carboxylic acids is 1. The molecule has 1 amide bonds. The van der Waals surface area contributed by atoms with Crippen LogP contribution < -0.4 is 19.1 Å². The van der Waals surface area contributed by atoms with E-state index in [-0.39, 0.29) is 12.5 Å². The Morgan fingerprint density at radius 1 is 1.11 bits per heavy atom. The van der Waals surface area contributed by atoms with Gasteiger partial charge in [0.05, 0.1) is 19.1 Å². The van der Waals surface area contributed by atoms with Crippen LogP contribution in [-0.4, -0.2) is 47.9 Å². The molecule has 28 heavy (non-hydrogen) atoms. The third kappa shape index (κ3) is 6.77. The summed E-state index contributed by atoms with van der Waals surface area (Å²) in [6, 6.07) is 14.4. The summed E-state index contributed by atoms with van der Waals surface area (Å²) in [7, 11) is -0.198. The van der Waals surface area contributed by atoms with E-state index in [1.165, 1.54) is 11.4 Å². The van der Waals surface area contributed by atoms with E-state index in [0.717, 1.165) is 30.4 Å². The number of hydrogen-bond donors (Lipinski definition) is 1. The first-order valence-corrected chi connectivity index (χ1v) is 10.7. The van der Waals surface area contributed by atoms with Crippen LogP contribution >= 0.6 is 0 Å². The van der Waals surface area contributed by atoms with Crippen molar-refractivity contribution in [2.75, 3.05) is 37.9 Å². The Bertz CT molecular complexity index is 882. The zero-order chi connectivity index (χ0) is 20.6. The molecule has 0 aliphatic rings. The zero-order valence-corrected chi connectivity index (χ0v) is 17.2. The summed E-state index contributed by atoms with van der Waals surface area (Å²) in [6.45, 7) is 0.456. The Hall–Kier alpha value is -2.74. The molecule has 0 atom stereocenters. The van der Waals surface area contributed by atoms with E-state index >= 15 is 0 Å². The van der Waals surface area contributed by atoms with Gasteiger partial charge in [0.15, 0.2) is 6.61 Å². The number of sulfonamides is 1. The molecule has 0 saturated carbocycles. The Morgan fingerprint density at radius 2 is 1.82 bits per heavy atom. The molecule has 2 rings (SSSR count). The molecular formula is C20H26N2O5S. The molecule has 2 aromatic carbocycles. The molecule has 0 aliphatic carbocycles. The van der Waals surface area contributed by atoms with Crippen LogP contribution in [0.25, 0.3) is 0 Å². The Labute approximate surface area is 166 Å². The number of aryl methyl sites for hydroxylation is 1. The van der Waals surface area contributed by atoms with E-state index in [1.807, 2.05) is 24.3 Å². The molecule has 0 bridgehead atoms. The van der Waals surface area contributed by atoms with Gasteiger partial charge >= 0.3 is 0 Å². The number of amides is 1. The lowest BCUT2D eigenvalue weighted by molar-refractivity contribution is -0.123. The van der Waals surface area contributed by atoms with Gasteiger partial charge in [-0.1, -0.05) is 12.1 Å². The fourth-order valence-electron chi connectivity index (χ4n) is 2.49. The largest absolute Gasteiger partial charge is 0.497 e. The predicted octanol–water partition coefficient (Wildman–Crippen LogP) is 2.22. The highest BCUT2D eigenvalue weighted by molar-refractivity contribution is 7.92. The first kappa shape index (κ1) is 21.6. The summed E-state index contributed by atoms with van der Waals surface area (Å²) in [5.74, 6) is 1.11. The minimum atomic E-state index is -3.31. The fraction of sp³-hybridized carbons (Fsp3) is 0.350. The van der Waals surface area contributed by atoms with Gasteiger partial charge in [-0.05, 0) is 54.8 Å². The molecule has 0 fully saturated rings. The summed E-state index contributed by atoms with van der Waals surface area (Å²) in [4.78, 5) is 11.9. The number of ether oxygens (including phenoxy) is 2. The molecule has 0 spiro atoms. The van der Waals surface area contributed by atoms with Gasteiger partial charge in [-0.3, -0.25) is 9.10 Å². The average molecular weight is 407 g/mol. The summed E-state index contributed by atoms with van der Waals surface area (Å²) in [5, 5.41) is 2.82. The fourth-order valence-corrected chi connectivity index (χ4v) is 3.00. The molecule has 1 N–H and O–H groups in total. The zero-order valence-electron chi connectivity index (χ0n) is 16.3. The second-order valence-electron chi connectivity index (χ2n) is 6.32. The van der Waals surface area contributed by atoms with Crippen molar-refractivity contribution in [1.82, 2.24) is 5.32 Å². The number of methoxy groups -OCH3 is 1. The molecule has 0 saturated heterocycles. The maximum Gasteiger partial charge on any atom is 0.257 e. The predicted molar refractivity (Wildman–Crippen MR) is 110 cm³/mol. The van der Waals surface area contributed by atoms with Gasteiger partial charge < -0.3 is 14.8 Å². The molecule has 152 valence electrons. The Balaban J connectivity index is 1.70. The summed E-state index contributed by atoms with van der Waals surface area (Å²) >= 11 is 0. The second-order valence-corrected chi connectivity index (χ2v) is 8.33. The Kier molecular flexibility index (Phi) is 7.69. The first-order valence-electron chi connectivity index (χ1n) is 8.86. The summed E-state index contributed by atoms with van der Waals surface area (Å²) in [5.41, 5.74) is 1.68. The molecule has 7 nitrogen and oxygen atoms in total. The minimum Gasteiger partial charge on any atom is -0.497 e. The van der Waals surface area contributed by atoms with E-state index in [9.17, 15) is 13.2 Å². The standard InChI is InChI=1S/C20H26N2O5S/c1-22(28(3,24)25)17-9-11-18(12-10-17)27-15-20(23)21-13-5-7-16-6-4-8-19(14-16)26-2/h4,6,8-12,14H,5,7,13,15H2,1-3H3,(H,21,23). The van der Waals surface area contributed by atoms with Crippen molar-refractivity contribution in [1.29, 1.82) is 0 Å². The van der Waals surface area contributed by atoms with Crippen molar-refractivity contribution < 1.29 is 22.7 Å². The van der Waals surface area contributed by atoms with Gasteiger partial charge in [0.25, 0.3) is 5.91 Å². The third-order valence-corrected chi connectivity index (χ3v) is 5.37. The first-order chi connectivity index (χ1) is 13.3. The van der Waals surface area contributed by atoms with Gasteiger partial charge in [-0.15, -0.1) is 0 Å². The maximum absolute atomic E-state index is 11.9. The van der Waals surface area contributed by atoms with Crippen molar-refractivity contribution in [3.8, 4) is 11.5 Å². The van der Waals surface area contributed by atoms with E-state index < -0.39 is 10.0 Å². The maximum atomic E-state index is 11.9. The third-order valence-electron chi connectivity index (χ3n) is 4.17. The lowest BCUT2D eigenvalue weighted by atomic mass is 10.1. The van der Waals surface area contributed by atoms with Crippen LogP contribution in [0.15, 0.2) is 48.5 Å². The topological polar surface area (TPSA) is 84.9 Å². The van der Waals surface area contributed by atoms with Crippen LogP contribution in [0.2, 0.25) is 0 Å². The number of hydrogen-bond acceptors (Lipinski definition) is 5. The van der Waals surface area contributed by atoms with Crippen LogP contribution in [0.3, 0.4) is 0 Å². The molecule has 0 aromatic heterocycles. The van der Waals surface area contributed by atoms with E-state index in [4.69, 9.17) is 9.47 Å². The average Bonchev–Trinajstić information content (AvgIpc) is 2.69. The number of nitrogens with one attached hydrogen (secondary N) is 1. The van der Waals surface area contributed by atoms with Gasteiger partial charge in [0.1, 0.15) is 11.5 Å². The minimum absolute atomic E-state index is 0.0968. The highest BCUT2D eigenvalue weighted by Gasteiger charge is 2.11. The van der Waals surface area contributed by atoms with Crippen LogP contribution in [0.4, 0.5) is 5.69 Å². The monoisotopic (exact) mass is 406 g/mol. The van der Waals surface area contributed by atoms with Crippen LogP contribution in [-0.2, 0) is 21.2 Å². The molecule has 0 unspecified atom stereocenters. The smallest absolute Gasteiger partial charge is 0.257 e. The van der Waals surface area contributed by atoms with Crippen LogP contribution in [0, 0.1) is 0 Å². The highest BCUT2D eigenvalue weighted by atomic mass is 32.2. The molecule has 0 heterocycles. The number of carbonyl (C=O) groups is 1. The van der Waals surface area contributed by atoms with Gasteiger partial charge in [0, 0.05) is 13.6 Å². The van der Waals surface area contributed by atoms with Gasteiger partial charge in [-0.2, -0.15) is 0 Å². The van der Waals surface area contributed by atoms with E-state index in [2.05, 4.69) is 5.32 Å².